The fraction of sp³-hybridized carbons (Fsp3) is 0.200. The number of nitrogen functional groups attached to an aromatic ring is 1. The summed E-state index contributed by atoms with van der Waals surface area (Å²) in [5, 5.41) is 0. The Bertz CT molecular complexity index is 393. The Hall–Kier alpha value is -1.21. The van der Waals surface area contributed by atoms with Crippen LogP contribution in [-0.2, 0) is 0 Å². The fourth-order valence-electron chi connectivity index (χ4n) is 0.875. The zero-order valence-electron chi connectivity index (χ0n) is 7.35. The van der Waals surface area contributed by atoms with Crippen LogP contribution in [0.3, 0.4) is 0 Å². The van der Waals surface area contributed by atoms with E-state index in [0.29, 0.717) is 12.2 Å². The smallest absolute Gasteiger partial charge is 0.149 e. The van der Waals surface area contributed by atoms with Gasteiger partial charge in [-0.15, -0.1) is 0 Å². The molecule has 0 fully saturated rings. The summed E-state index contributed by atoms with van der Waals surface area (Å²) in [6.45, 7) is 0. The first-order valence-corrected chi connectivity index (χ1v) is 4.62. The van der Waals surface area contributed by atoms with Crippen LogP contribution in [0.4, 0.5) is 14.5 Å². The molecule has 0 aliphatic heterocycles. The van der Waals surface area contributed by atoms with E-state index in [4.69, 9.17) is 5.73 Å². The minimum atomic E-state index is -0.762. The van der Waals surface area contributed by atoms with Crippen LogP contribution in [0.15, 0.2) is 12.1 Å². The molecule has 0 saturated carbocycles. The van der Waals surface area contributed by atoms with Crippen molar-refractivity contribution < 1.29 is 8.78 Å². The quantitative estimate of drug-likeness (QED) is 0.417. The van der Waals surface area contributed by atoms with Crippen molar-refractivity contribution >= 4 is 18.3 Å². The molecule has 2 N–H and O–H groups in total. The van der Waals surface area contributed by atoms with E-state index in [1.807, 2.05) is 0 Å². The van der Waals surface area contributed by atoms with Gasteiger partial charge in [0.25, 0.3) is 0 Å². The first-order valence-electron chi connectivity index (χ1n) is 3.99. The van der Waals surface area contributed by atoms with Crippen LogP contribution in [0, 0.1) is 23.5 Å². The van der Waals surface area contributed by atoms with Crippen molar-refractivity contribution in [1.29, 1.82) is 0 Å². The minimum absolute atomic E-state index is 0.0958. The summed E-state index contributed by atoms with van der Waals surface area (Å²) < 4.78 is 25.8. The van der Waals surface area contributed by atoms with E-state index in [2.05, 4.69) is 24.5 Å². The van der Waals surface area contributed by atoms with Gasteiger partial charge in [0.15, 0.2) is 0 Å². The topological polar surface area (TPSA) is 26.0 Å². The molecule has 0 bridgehead atoms. The molecule has 0 aliphatic rings. The van der Waals surface area contributed by atoms with Crippen LogP contribution in [-0.4, -0.2) is 5.75 Å². The van der Waals surface area contributed by atoms with Gasteiger partial charge >= 0.3 is 0 Å². The predicted molar refractivity (Wildman–Crippen MR) is 56.1 cm³/mol. The summed E-state index contributed by atoms with van der Waals surface area (Å²) >= 11 is 3.95. The highest BCUT2D eigenvalue weighted by molar-refractivity contribution is 7.80. The van der Waals surface area contributed by atoms with Crippen LogP contribution < -0.4 is 5.73 Å². The van der Waals surface area contributed by atoms with Crippen LogP contribution >= 0.6 is 12.6 Å². The SMILES string of the molecule is Nc1cc(C#CCCS)c(F)cc1F. The van der Waals surface area contributed by atoms with Gasteiger partial charge in [-0.25, -0.2) is 8.78 Å². The van der Waals surface area contributed by atoms with Gasteiger partial charge in [0, 0.05) is 18.2 Å². The van der Waals surface area contributed by atoms with Crippen molar-refractivity contribution in [1.82, 2.24) is 0 Å². The van der Waals surface area contributed by atoms with Gasteiger partial charge in [-0.3, -0.25) is 0 Å². The third-order valence-electron chi connectivity index (χ3n) is 1.55. The maximum atomic E-state index is 13.0. The Morgan fingerprint density at radius 2 is 2.00 bits per heavy atom. The molecule has 0 radical (unpaired) electrons. The first-order chi connectivity index (χ1) is 6.65. The molecule has 0 amide bonds. The van der Waals surface area contributed by atoms with Crippen molar-refractivity contribution in [3.05, 3.63) is 29.3 Å². The Morgan fingerprint density at radius 3 is 2.64 bits per heavy atom. The minimum Gasteiger partial charge on any atom is -0.396 e. The van der Waals surface area contributed by atoms with Crippen molar-refractivity contribution in [2.75, 3.05) is 11.5 Å². The molecule has 74 valence electrons. The van der Waals surface area contributed by atoms with Gasteiger partial charge in [0.2, 0.25) is 0 Å². The lowest BCUT2D eigenvalue weighted by Gasteiger charge is -1.98. The van der Waals surface area contributed by atoms with Gasteiger partial charge in [-0.2, -0.15) is 12.6 Å². The maximum absolute atomic E-state index is 13.0. The third-order valence-corrected chi connectivity index (χ3v) is 1.77. The molecule has 0 heterocycles. The Balaban J connectivity index is 3.00. The predicted octanol–water partition coefficient (Wildman–Crippen LogP) is 2.22. The first kappa shape index (κ1) is 10.9. The molecular weight excluding hydrogens is 204 g/mol. The number of anilines is 1. The summed E-state index contributed by atoms with van der Waals surface area (Å²) in [5.74, 6) is 4.41. The van der Waals surface area contributed by atoms with Crippen molar-refractivity contribution in [2.45, 2.75) is 6.42 Å². The average Bonchev–Trinajstić information content (AvgIpc) is 2.14. The van der Waals surface area contributed by atoms with E-state index in [0.717, 1.165) is 6.07 Å². The number of thiol groups is 1. The molecule has 14 heavy (non-hydrogen) atoms. The molecule has 0 atom stereocenters. The highest BCUT2D eigenvalue weighted by atomic mass is 32.1. The zero-order chi connectivity index (χ0) is 10.6. The largest absolute Gasteiger partial charge is 0.396 e. The van der Waals surface area contributed by atoms with Gasteiger partial charge in [-0.1, -0.05) is 11.8 Å². The summed E-state index contributed by atoms with van der Waals surface area (Å²) in [6, 6.07) is 1.93. The van der Waals surface area contributed by atoms with Gasteiger partial charge < -0.3 is 5.73 Å². The van der Waals surface area contributed by atoms with Crippen molar-refractivity contribution in [2.24, 2.45) is 0 Å². The number of hydrogen-bond donors (Lipinski definition) is 2. The summed E-state index contributed by atoms with van der Waals surface area (Å²) in [5.41, 5.74) is 5.29. The standard InChI is InChI=1S/C10H9F2NS/c11-8-6-9(12)10(13)5-7(8)3-1-2-4-14/h5-6,14H,2,4,13H2. The molecule has 4 heteroatoms. The van der Waals surface area contributed by atoms with E-state index in [9.17, 15) is 8.78 Å². The van der Waals surface area contributed by atoms with E-state index < -0.39 is 11.6 Å². The highest BCUT2D eigenvalue weighted by Gasteiger charge is 2.04. The van der Waals surface area contributed by atoms with Crippen LogP contribution in [0.1, 0.15) is 12.0 Å². The highest BCUT2D eigenvalue weighted by Crippen LogP contribution is 2.15. The van der Waals surface area contributed by atoms with Crippen molar-refractivity contribution in [3.8, 4) is 11.8 Å². The number of benzene rings is 1. The summed E-state index contributed by atoms with van der Waals surface area (Å²) in [7, 11) is 0. The summed E-state index contributed by atoms with van der Waals surface area (Å²) in [4.78, 5) is 0. The molecule has 1 aromatic rings. The Kier molecular flexibility index (Phi) is 3.78. The second kappa shape index (κ2) is 4.87. The zero-order valence-corrected chi connectivity index (χ0v) is 8.24. The lowest BCUT2D eigenvalue weighted by atomic mass is 10.2. The van der Waals surface area contributed by atoms with Gasteiger partial charge in [0.1, 0.15) is 11.6 Å². The van der Waals surface area contributed by atoms with Crippen LogP contribution in [0.2, 0.25) is 0 Å². The normalized spacial score (nSPS) is 9.36. The average molecular weight is 213 g/mol. The van der Waals surface area contributed by atoms with Crippen molar-refractivity contribution in [3.63, 3.8) is 0 Å². The second-order valence-electron chi connectivity index (χ2n) is 2.63. The Labute approximate surface area is 86.7 Å². The molecule has 0 saturated heterocycles. The molecule has 0 spiro atoms. The van der Waals surface area contributed by atoms with Crippen LogP contribution in [0.25, 0.3) is 0 Å². The van der Waals surface area contributed by atoms with E-state index in [1.165, 1.54) is 6.07 Å². The molecular formula is C10H9F2NS. The van der Waals surface area contributed by atoms with E-state index >= 15 is 0 Å². The lowest BCUT2D eigenvalue weighted by Crippen LogP contribution is -1.94. The number of nitrogens with two attached hydrogens (primary N) is 1. The summed E-state index contributed by atoms with van der Waals surface area (Å²) in [6.07, 6.45) is 0.555. The molecule has 1 aromatic carbocycles. The van der Waals surface area contributed by atoms with E-state index in [1.54, 1.807) is 0 Å². The van der Waals surface area contributed by atoms with E-state index in [-0.39, 0.29) is 11.3 Å². The van der Waals surface area contributed by atoms with Gasteiger partial charge in [0.05, 0.1) is 11.3 Å². The fourth-order valence-corrected chi connectivity index (χ4v) is 0.987. The molecule has 0 aromatic heterocycles. The molecule has 1 nitrogen and oxygen atoms in total. The molecule has 0 unspecified atom stereocenters. The second-order valence-corrected chi connectivity index (χ2v) is 3.08. The monoisotopic (exact) mass is 213 g/mol. The Morgan fingerprint density at radius 1 is 1.29 bits per heavy atom. The number of halogens is 2. The lowest BCUT2D eigenvalue weighted by molar-refractivity contribution is 0.584. The molecule has 1 rings (SSSR count). The molecule has 0 aliphatic carbocycles. The number of rotatable bonds is 1. The maximum Gasteiger partial charge on any atom is 0.149 e. The van der Waals surface area contributed by atoms with Gasteiger partial charge in [-0.05, 0) is 6.07 Å². The number of hydrogen-bond acceptors (Lipinski definition) is 2. The third kappa shape index (κ3) is 2.64. The van der Waals surface area contributed by atoms with Crippen LogP contribution in [0.5, 0.6) is 0 Å².